The normalized spacial score (nSPS) is 13.9. The zero-order chi connectivity index (χ0) is 22.2. The summed E-state index contributed by atoms with van der Waals surface area (Å²) in [4.78, 5) is 37.4. The first kappa shape index (κ1) is 22.6. The van der Waals surface area contributed by atoms with Crippen molar-refractivity contribution in [1.29, 1.82) is 0 Å². The highest BCUT2D eigenvalue weighted by Gasteiger charge is 2.23. The molecule has 1 aliphatic heterocycles. The molecule has 0 aliphatic carbocycles. The van der Waals surface area contributed by atoms with E-state index in [9.17, 15) is 19.7 Å². The average molecular weight is 446 g/mol. The molecule has 0 bridgehead atoms. The van der Waals surface area contributed by atoms with E-state index < -0.39 is 23.4 Å². The van der Waals surface area contributed by atoms with Gasteiger partial charge in [0.05, 0.1) is 10.5 Å². The van der Waals surface area contributed by atoms with Gasteiger partial charge >= 0.3 is 5.97 Å². The van der Waals surface area contributed by atoms with Crippen LogP contribution in [-0.4, -0.2) is 36.5 Å². The van der Waals surface area contributed by atoms with Gasteiger partial charge in [-0.2, -0.15) is 0 Å². The molecule has 8 nitrogen and oxygen atoms in total. The molecule has 1 heterocycles. The van der Waals surface area contributed by atoms with Gasteiger partial charge in [0.25, 0.3) is 11.6 Å². The number of carbonyl (C=O) groups is 2. The van der Waals surface area contributed by atoms with Crippen molar-refractivity contribution >= 4 is 34.9 Å². The summed E-state index contributed by atoms with van der Waals surface area (Å²) in [5.74, 6) is -1.26. The molecule has 0 saturated carbocycles. The summed E-state index contributed by atoms with van der Waals surface area (Å²) in [5.41, 5.74) is 1.26. The maximum Gasteiger partial charge on any atom is 0.338 e. The topological polar surface area (TPSA) is 102 Å². The predicted octanol–water partition coefficient (Wildman–Crippen LogP) is 4.10. The SMILES string of the molecule is O=C(COC(=O)c1ccc(N2CCCCCC2)c([N+](=O)[O-])c1)NCc1ccc(Cl)cc1. The Morgan fingerprint density at radius 2 is 1.74 bits per heavy atom. The van der Waals surface area contributed by atoms with Crippen molar-refractivity contribution in [2.45, 2.75) is 32.2 Å². The molecular formula is C22H24ClN3O5. The van der Waals surface area contributed by atoms with Crippen molar-refractivity contribution in [2.24, 2.45) is 0 Å². The van der Waals surface area contributed by atoms with Crippen LogP contribution in [0.3, 0.4) is 0 Å². The maximum atomic E-state index is 12.3. The number of nitrogens with one attached hydrogen (secondary N) is 1. The standard InChI is InChI=1S/C22H24ClN3O5/c23-18-8-5-16(6-9-18)14-24-21(27)15-31-22(28)17-7-10-19(20(13-17)26(29)30)25-11-3-1-2-4-12-25/h5-10,13H,1-4,11-12,14-15H2,(H,24,27). The van der Waals surface area contributed by atoms with Gasteiger partial charge in [0.1, 0.15) is 5.69 Å². The average Bonchev–Trinajstić information content (AvgIpc) is 3.06. The van der Waals surface area contributed by atoms with E-state index in [0.29, 0.717) is 10.7 Å². The van der Waals surface area contributed by atoms with Crippen LogP contribution in [0.15, 0.2) is 42.5 Å². The molecule has 0 unspecified atom stereocenters. The van der Waals surface area contributed by atoms with Crippen LogP contribution in [0, 0.1) is 10.1 Å². The van der Waals surface area contributed by atoms with E-state index in [1.165, 1.54) is 12.1 Å². The van der Waals surface area contributed by atoms with Gasteiger partial charge < -0.3 is 15.0 Å². The van der Waals surface area contributed by atoms with E-state index >= 15 is 0 Å². The van der Waals surface area contributed by atoms with Crippen LogP contribution < -0.4 is 10.2 Å². The monoisotopic (exact) mass is 445 g/mol. The van der Waals surface area contributed by atoms with Gasteiger partial charge in [-0.15, -0.1) is 0 Å². The largest absolute Gasteiger partial charge is 0.452 e. The van der Waals surface area contributed by atoms with Crippen molar-refractivity contribution < 1.29 is 19.2 Å². The second-order valence-corrected chi connectivity index (χ2v) is 7.78. The number of nitro groups is 1. The number of nitro benzene ring substituents is 1. The van der Waals surface area contributed by atoms with Crippen LogP contribution in [0.1, 0.15) is 41.6 Å². The summed E-state index contributed by atoms with van der Waals surface area (Å²) in [7, 11) is 0. The van der Waals surface area contributed by atoms with Crippen LogP contribution in [0.2, 0.25) is 5.02 Å². The van der Waals surface area contributed by atoms with Crippen LogP contribution in [0.25, 0.3) is 0 Å². The molecule has 1 fully saturated rings. The molecule has 0 aromatic heterocycles. The number of halogens is 1. The number of amides is 1. The molecule has 9 heteroatoms. The minimum absolute atomic E-state index is 0.0378. The first-order valence-corrected chi connectivity index (χ1v) is 10.5. The number of esters is 1. The first-order valence-electron chi connectivity index (χ1n) is 10.2. The molecule has 0 radical (unpaired) electrons. The number of hydrogen-bond acceptors (Lipinski definition) is 6. The summed E-state index contributed by atoms with van der Waals surface area (Å²) in [5, 5.41) is 14.8. The Hall–Kier alpha value is -3.13. The fraction of sp³-hybridized carbons (Fsp3) is 0.364. The Balaban J connectivity index is 1.59. The zero-order valence-electron chi connectivity index (χ0n) is 17.0. The van der Waals surface area contributed by atoms with Crippen LogP contribution >= 0.6 is 11.6 Å². The number of ether oxygens (including phenoxy) is 1. The maximum absolute atomic E-state index is 12.3. The lowest BCUT2D eigenvalue weighted by atomic mass is 10.1. The fourth-order valence-electron chi connectivity index (χ4n) is 3.44. The third-order valence-corrected chi connectivity index (χ3v) is 5.34. The number of nitrogens with zero attached hydrogens (tertiary/aromatic N) is 2. The Morgan fingerprint density at radius 1 is 1.06 bits per heavy atom. The fourth-order valence-corrected chi connectivity index (χ4v) is 3.57. The summed E-state index contributed by atoms with van der Waals surface area (Å²) in [6.45, 7) is 1.29. The van der Waals surface area contributed by atoms with Gasteiger partial charge in [-0.05, 0) is 42.7 Å². The molecule has 1 N–H and O–H groups in total. The molecule has 2 aromatic rings. The van der Waals surface area contributed by atoms with E-state index in [2.05, 4.69) is 5.32 Å². The van der Waals surface area contributed by atoms with E-state index in [4.69, 9.17) is 16.3 Å². The van der Waals surface area contributed by atoms with E-state index in [0.717, 1.165) is 44.3 Å². The molecule has 0 spiro atoms. The van der Waals surface area contributed by atoms with Crippen molar-refractivity contribution in [3.8, 4) is 0 Å². The van der Waals surface area contributed by atoms with E-state index in [1.54, 1.807) is 30.3 Å². The van der Waals surface area contributed by atoms with Gasteiger partial charge in [0.15, 0.2) is 6.61 Å². The van der Waals surface area contributed by atoms with Gasteiger partial charge in [0, 0.05) is 30.7 Å². The van der Waals surface area contributed by atoms with Crippen molar-refractivity contribution in [3.63, 3.8) is 0 Å². The van der Waals surface area contributed by atoms with Crippen molar-refractivity contribution in [1.82, 2.24) is 5.32 Å². The number of carbonyl (C=O) groups excluding carboxylic acids is 2. The highest BCUT2D eigenvalue weighted by atomic mass is 35.5. The molecule has 164 valence electrons. The number of hydrogen-bond donors (Lipinski definition) is 1. The Morgan fingerprint density at radius 3 is 2.39 bits per heavy atom. The minimum atomic E-state index is -0.785. The molecule has 2 aromatic carbocycles. The molecule has 1 saturated heterocycles. The van der Waals surface area contributed by atoms with Gasteiger partial charge in [-0.25, -0.2) is 4.79 Å². The zero-order valence-corrected chi connectivity index (χ0v) is 17.8. The third-order valence-electron chi connectivity index (χ3n) is 5.09. The van der Waals surface area contributed by atoms with Gasteiger partial charge in [-0.1, -0.05) is 36.6 Å². The minimum Gasteiger partial charge on any atom is -0.452 e. The molecule has 0 atom stereocenters. The van der Waals surface area contributed by atoms with Crippen molar-refractivity contribution in [3.05, 3.63) is 68.7 Å². The third kappa shape index (κ3) is 6.42. The van der Waals surface area contributed by atoms with Crippen LogP contribution in [0.5, 0.6) is 0 Å². The van der Waals surface area contributed by atoms with Crippen molar-refractivity contribution in [2.75, 3.05) is 24.6 Å². The molecule has 31 heavy (non-hydrogen) atoms. The van der Waals surface area contributed by atoms with Gasteiger partial charge in [-0.3, -0.25) is 14.9 Å². The van der Waals surface area contributed by atoms with Gasteiger partial charge in [0.2, 0.25) is 0 Å². The predicted molar refractivity (Wildman–Crippen MR) is 117 cm³/mol. The highest BCUT2D eigenvalue weighted by molar-refractivity contribution is 6.30. The van der Waals surface area contributed by atoms with E-state index in [1.807, 2.05) is 4.90 Å². The lowest BCUT2D eigenvalue weighted by Crippen LogP contribution is -2.28. The van der Waals surface area contributed by atoms with Crippen LogP contribution in [0.4, 0.5) is 11.4 Å². The summed E-state index contributed by atoms with van der Waals surface area (Å²) in [6, 6.07) is 11.3. The molecule has 1 aliphatic rings. The quantitative estimate of drug-likeness (QED) is 0.391. The summed E-state index contributed by atoms with van der Waals surface area (Å²) < 4.78 is 5.03. The Kier molecular flexibility index (Phi) is 7.83. The Bertz CT molecular complexity index is 941. The molecular weight excluding hydrogens is 422 g/mol. The second-order valence-electron chi connectivity index (χ2n) is 7.34. The lowest BCUT2D eigenvalue weighted by molar-refractivity contribution is -0.384. The second kappa shape index (κ2) is 10.8. The molecule has 1 amide bonds. The first-order chi connectivity index (χ1) is 14.9. The Labute approximate surface area is 185 Å². The number of rotatable bonds is 7. The number of anilines is 1. The van der Waals surface area contributed by atoms with E-state index in [-0.39, 0.29) is 17.8 Å². The highest BCUT2D eigenvalue weighted by Crippen LogP contribution is 2.31. The smallest absolute Gasteiger partial charge is 0.338 e. The molecule has 3 rings (SSSR count). The van der Waals surface area contributed by atoms with Crippen LogP contribution in [-0.2, 0) is 16.1 Å². The number of benzene rings is 2. The summed E-state index contributed by atoms with van der Waals surface area (Å²) >= 11 is 5.82. The lowest BCUT2D eigenvalue weighted by Gasteiger charge is -2.22. The summed E-state index contributed by atoms with van der Waals surface area (Å²) in [6.07, 6.45) is 4.17.